The quantitative estimate of drug-likeness (QED) is 0.309. The second-order valence-corrected chi connectivity index (χ2v) is 10.5. The largest absolute Gasteiger partial charge is 0.366 e. The first-order valence-electron chi connectivity index (χ1n) is 12.7. The van der Waals surface area contributed by atoms with Crippen LogP contribution < -0.4 is 21.7 Å². The van der Waals surface area contributed by atoms with Crippen molar-refractivity contribution in [2.45, 2.75) is 69.5 Å². The third-order valence-electron chi connectivity index (χ3n) is 7.13. The Balaban J connectivity index is 1.29. The van der Waals surface area contributed by atoms with E-state index in [0.717, 1.165) is 49.7 Å². The number of carbonyl (C=O) groups excluding carboxylic acids is 1. The van der Waals surface area contributed by atoms with Crippen LogP contribution in [0.5, 0.6) is 0 Å². The summed E-state index contributed by atoms with van der Waals surface area (Å²) in [6, 6.07) is 5.84. The van der Waals surface area contributed by atoms with Crippen molar-refractivity contribution in [1.29, 1.82) is 0 Å². The molecule has 5 N–H and O–H groups in total. The van der Waals surface area contributed by atoms with Crippen molar-refractivity contribution in [2.75, 3.05) is 23.7 Å². The van der Waals surface area contributed by atoms with Gasteiger partial charge in [-0.15, -0.1) is 0 Å². The predicted molar refractivity (Wildman–Crippen MR) is 144 cm³/mol. The number of hydrogen-bond donors (Lipinski definition) is 4. The summed E-state index contributed by atoms with van der Waals surface area (Å²) < 4.78 is 2.20. The van der Waals surface area contributed by atoms with Gasteiger partial charge in [-0.05, 0) is 56.7 Å². The molecule has 1 amide bonds. The zero-order valence-corrected chi connectivity index (χ0v) is 21.7. The molecule has 2 aliphatic carbocycles. The molecular weight excluding hydrogens is 499 g/mol. The molecule has 11 heteroatoms. The first-order valence-corrected chi connectivity index (χ1v) is 13.5. The van der Waals surface area contributed by atoms with Gasteiger partial charge in [-0.3, -0.25) is 4.79 Å². The second kappa shape index (κ2) is 11.2. The number of nitrogens with zero attached hydrogens (tertiary/aromatic N) is 4. The molecule has 192 valence electrons. The predicted octanol–water partition coefficient (Wildman–Crippen LogP) is 4.77. The molecule has 0 aliphatic heterocycles. The Morgan fingerprint density at radius 3 is 2.56 bits per heavy atom. The highest BCUT2D eigenvalue weighted by molar-refractivity contribution is 6.42. The molecule has 2 fully saturated rings. The van der Waals surface area contributed by atoms with Crippen molar-refractivity contribution >= 4 is 52.0 Å². The summed E-state index contributed by atoms with van der Waals surface area (Å²) in [5.41, 5.74) is 8.13. The third-order valence-corrected chi connectivity index (χ3v) is 7.87. The molecule has 2 aliphatic rings. The molecule has 0 spiro atoms. The van der Waals surface area contributed by atoms with Gasteiger partial charge in [-0.2, -0.15) is 9.97 Å². The first-order chi connectivity index (χ1) is 17.5. The molecule has 3 aromatic rings. The molecule has 2 heterocycles. The number of amides is 1. The summed E-state index contributed by atoms with van der Waals surface area (Å²) in [6.07, 6.45) is 10.6. The van der Waals surface area contributed by atoms with Crippen LogP contribution in [0.15, 0.2) is 24.5 Å². The number of anilines is 2. The van der Waals surface area contributed by atoms with Crippen LogP contribution in [0.2, 0.25) is 10.0 Å². The maximum atomic E-state index is 12.5. The van der Waals surface area contributed by atoms with Gasteiger partial charge in [-0.1, -0.05) is 36.0 Å². The fourth-order valence-corrected chi connectivity index (χ4v) is 5.39. The molecule has 0 atom stereocenters. The monoisotopic (exact) mass is 530 g/mol. The SMILES string of the molecule is NC1CCC(Nc2nc(NCCNC(=O)c3ccc(Cl)c(Cl)c3)c3ncn(C4CCCC4)c3n2)CC1. The summed E-state index contributed by atoms with van der Waals surface area (Å²) in [6.45, 7) is 0.879. The molecule has 0 unspecified atom stereocenters. The minimum absolute atomic E-state index is 0.216. The first kappa shape index (κ1) is 25.0. The van der Waals surface area contributed by atoms with Crippen molar-refractivity contribution < 1.29 is 4.79 Å². The van der Waals surface area contributed by atoms with E-state index in [1.165, 1.54) is 12.8 Å². The van der Waals surface area contributed by atoms with E-state index in [-0.39, 0.29) is 11.9 Å². The summed E-state index contributed by atoms with van der Waals surface area (Å²) in [5.74, 6) is 1.05. The van der Waals surface area contributed by atoms with Gasteiger partial charge in [0.05, 0.1) is 16.4 Å². The van der Waals surface area contributed by atoms with E-state index in [1.807, 2.05) is 6.33 Å². The molecule has 36 heavy (non-hydrogen) atoms. The van der Waals surface area contributed by atoms with E-state index in [4.69, 9.17) is 38.9 Å². The zero-order chi connectivity index (χ0) is 25.1. The lowest BCUT2D eigenvalue weighted by molar-refractivity contribution is 0.0955. The van der Waals surface area contributed by atoms with Crippen molar-refractivity contribution in [3.05, 3.63) is 40.1 Å². The lowest BCUT2D eigenvalue weighted by Crippen LogP contribution is -2.33. The molecule has 0 bridgehead atoms. The maximum Gasteiger partial charge on any atom is 0.251 e. The van der Waals surface area contributed by atoms with Gasteiger partial charge >= 0.3 is 0 Å². The van der Waals surface area contributed by atoms with E-state index < -0.39 is 0 Å². The minimum atomic E-state index is -0.216. The number of rotatable bonds is 8. The van der Waals surface area contributed by atoms with Crippen LogP contribution in [-0.2, 0) is 0 Å². The van der Waals surface area contributed by atoms with Gasteiger partial charge in [0.1, 0.15) is 0 Å². The molecule has 0 saturated heterocycles. The fraction of sp³-hybridized carbons (Fsp3) is 0.520. The Bertz CT molecular complexity index is 1220. The third kappa shape index (κ3) is 5.68. The molecule has 9 nitrogen and oxygen atoms in total. The van der Waals surface area contributed by atoms with Gasteiger partial charge in [0.15, 0.2) is 17.0 Å². The minimum Gasteiger partial charge on any atom is -0.366 e. The number of imidazole rings is 1. The van der Waals surface area contributed by atoms with Crippen LogP contribution in [0.4, 0.5) is 11.8 Å². The summed E-state index contributed by atoms with van der Waals surface area (Å²) >= 11 is 12.0. The number of fused-ring (bicyclic) bond motifs is 1. The van der Waals surface area contributed by atoms with Crippen molar-refractivity contribution in [3.63, 3.8) is 0 Å². The van der Waals surface area contributed by atoms with Gasteiger partial charge in [-0.25, -0.2) is 4.98 Å². The average molecular weight is 531 g/mol. The lowest BCUT2D eigenvalue weighted by atomic mass is 9.92. The highest BCUT2D eigenvalue weighted by Crippen LogP contribution is 2.33. The van der Waals surface area contributed by atoms with Crippen LogP contribution in [0.1, 0.15) is 67.8 Å². The molecule has 0 radical (unpaired) electrons. The van der Waals surface area contributed by atoms with Gasteiger partial charge < -0.3 is 26.3 Å². The average Bonchev–Trinajstić information content (AvgIpc) is 3.55. The van der Waals surface area contributed by atoms with Crippen LogP contribution in [-0.4, -0.2) is 50.6 Å². The van der Waals surface area contributed by atoms with Crippen LogP contribution in [0, 0.1) is 0 Å². The van der Waals surface area contributed by atoms with Gasteiger partial charge in [0, 0.05) is 36.8 Å². The maximum absolute atomic E-state index is 12.5. The number of carbonyl (C=O) groups is 1. The van der Waals surface area contributed by atoms with E-state index in [2.05, 4.69) is 25.5 Å². The Kier molecular flexibility index (Phi) is 7.79. The Labute approximate surface area is 220 Å². The summed E-state index contributed by atoms with van der Waals surface area (Å²) in [7, 11) is 0. The van der Waals surface area contributed by atoms with Crippen LogP contribution >= 0.6 is 23.2 Å². The Morgan fingerprint density at radius 2 is 1.81 bits per heavy atom. The second-order valence-electron chi connectivity index (χ2n) is 9.73. The van der Waals surface area contributed by atoms with E-state index in [1.54, 1.807) is 18.2 Å². The molecule has 5 rings (SSSR count). The highest BCUT2D eigenvalue weighted by atomic mass is 35.5. The van der Waals surface area contributed by atoms with Crippen molar-refractivity contribution in [3.8, 4) is 0 Å². The van der Waals surface area contributed by atoms with E-state index in [0.29, 0.717) is 52.5 Å². The Morgan fingerprint density at radius 1 is 1.03 bits per heavy atom. The van der Waals surface area contributed by atoms with Crippen LogP contribution in [0.25, 0.3) is 11.2 Å². The summed E-state index contributed by atoms with van der Waals surface area (Å²) in [5, 5.41) is 10.6. The van der Waals surface area contributed by atoms with E-state index in [9.17, 15) is 4.79 Å². The van der Waals surface area contributed by atoms with Crippen molar-refractivity contribution in [2.24, 2.45) is 5.73 Å². The van der Waals surface area contributed by atoms with Crippen molar-refractivity contribution in [1.82, 2.24) is 24.8 Å². The summed E-state index contributed by atoms with van der Waals surface area (Å²) in [4.78, 5) is 26.8. The number of nitrogens with two attached hydrogens (primary N) is 1. The normalized spacial score (nSPS) is 20.5. The van der Waals surface area contributed by atoms with Gasteiger partial charge in [0.25, 0.3) is 5.91 Å². The molecule has 2 saturated carbocycles. The van der Waals surface area contributed by atoms with E-state index >= 15 is 0 Å². The van der Waals surface area contributed by atoms with Gasteiger partial charge in [0.2, 0.25) is 5.95 Å². The number of nitrogens with one attached hydrogen (secondary N) is 3. The zero-order valence-electron chi connectivity index (χ0n) is 20.1. The molecule has 2 aromatic heterocycles. The standard InChI is InChI=1S/C25H32Cl2N8O/c26-19-10-5-15(13-20(19)27)24(36)30-12-11-29-22-21-23(35(14-31-21)18-3-1-2-4-18)34-25(33-22)32-17-8-6-16(28)7-9-17/h5,10,13-14,16-18H,1-4,6-9,11-12,28H2,(H,30,36)(H2,29,32,33,34). The number of benzene rings is 1. The highest BCUT2D eigenvalue weighted by Gasteiger charge is 2.24. The lowest BCUT2D eigenvalue weighted by Gasteiger charge is -2.27. The number of hydrogen-bond acceptors (Lipinski definition) is 7. The molecular formula is C25H32Cl2N8O. The van der Waals surface area contributed by atoms with Crippen LogP contribution in [0.3, 0.4) is 0 Å². The number of halogens is 2. The fourth-order valence-electron chi connectivity index (χ4n) is 5.10. The Hall–Kier alpha value is -2.62. The topological polar surface area (TPSA) is 123 Å². The molecule has 1 aromatic carbocycles. The number of aromatic nitrogens is 4. The smallest absolute Gasteiger partial charge is 0.251 e.